The van der Waals surface area contributed by atoms with Crippen molar-refractivity contribution < 1.29 is 28.5 Å². The zero-order valence-electron chi connectivity index (χ0n) is 23.2. The predicted octanol–water partition coefficient (Wildman–Crippen LogP) is 7.22. The SMILES string of the molecule is COC(=O)c1ccc(OCCCc2ccc3ccccc3c2)c(OCCCCCc2ccccc2)c1C(=O)OC. The number of aryl methyl sites for hydroxylation is 2. The molecule has 6 nitrogen and oxygen atoms in total. The smallest absolute Gasteiger partial charge is 0.342 e. The van der Waals surface area contributed by atoms with Gasteiger partial charge in [0.05, 0.1) is 33.0 Å². The van der Waals surface area contributed by atoms with Crippen molar-refractivity contribution in [2.45, 2.75) is 38.5 Å². The number of hydrogen-bond donors (Lipinski definition) is 0. The highest BCUT2D eigenvalue weighted by Gasteiger charge is 2.27. The van der Waals surface area contributed by atoms with Crippen molar-refractivity contribution in [3.63, 3.8) is 0 Å². The Balaban J connectivity index is 1.41. The Labute approximate surface area is 235 Å². The molecule has 0 aliphatic heterocycles. The number of carbonyl (C=O) groups is 2. The summed E-state index contributed by atoms with van der Waals surface area (Å²) in [6.45, 7) is 0.787. The topological polar surface area (TPSA) is 71.1 Å². The molecule has 0 aliphatic rings. The molecule has 0 spiro atoms. The highest BCUT2D eigenvalue weighted by Crippen LogP contribution is 2.35. The van der Waals surface area contributed by atoms with Crippen molar-refractivity contribution in [3.05, 3.63) is 107 Å². The summed E-state index contributed by atoms with van der Waals surface area (Å²) in [6.07, 6.45) is 5.38. The number of ether oxygens (including phenoxy) is 4. The molecule has 0 amide bonds. The molecule has 4 rings (SSSR count). The zero-order valence-corrected chi connectivity index (χ0v) is 23.2. The van der Waals surface area contributed by atoms with Crippen molar-refractivity contribution in [2.75, 3.05) is 27.4 Å². The molecule has 0 heterocycles. The summed E-state index contributed by atoms with van der Waals surface area (Å²) in [5, 5.41) is 2.42. The first-order valence-electron chi connectivity index (χ1n) is 13.7. The van der Waals surface area contributed by atoms with Crippen LogP contribution in [0.2, 0.25) is 0 Å². The maximum absolute atomic E-state index is 12.8. The second kappa shape index (κ2) is 14.7. The number of esters is 2. The summed E-state index contributed by atoms with van der Waals surface area (Å²) in [7, 11) is 2.54. The highest BCUT2D eigenvalue weighted by atomic mass is 16.5. The molecule has 6 heteroatoms. The Morgan fingerprint density at radius 2 is 1.30 bits per heavy atom. The minimum atomic E-state index is -0.680. The Morgan fingerprint density at radius 3 is 2.08 bits per heavy atom. The molecule has 0 aromatic heterocycles. The fraction of sp³-hybridized carbons (Fsp3) is 0.294. The van der Waals surface area contributed by atoms with E-state index >= 15 is 0 Å². The minimum Gasteiger partial charge on any atom is -0.490 e. The number of hydrogen-bond acceptors (Lipinski definition) is 6. The largest absolute Gasteiger partial charge is 0.490 e. The number of carbonyl (C=O) groups excluding carboxylic acids is 2. The van der Waals surface area contributed by atoms with Gasteiger partial charge in [-0.2, -0.15) is 0 Å². The van der Waals surface area contributed by atoms with E-state index in [0.29, 0.717) is 19.0 Å². The fourth-order valence-electron chi connectivity index (χ4n) is 4.68. The second-order valence-corrected chi connectivity index (χ2v) is 9.58. The van der Waals surface area contributed by atoms with E-state index in [1.807, 2.05) is 30.3 Å². The van der Waals surface area contributed by atoms with Crippen LogP contribution < -0.4 is 9.47 Å². The Bertz CT molecular complexity index is 1410. The summed E-state index contributed by atoms with van der Waals surface area (Å²) in [5.41, 5.74) is 2.63. The van der Waals surface area contributed by atoms with Crippen LogP contribution in [0, 0.1) is 0 Å². The van der Waals surface area contributed by atoms with Crippen LogP contribution in [-0.4, -0.2) is 39.4 Å². The third-order valence-electron chi connectivity index (χ3n) is 6.80. The van der Waals surface area contributed by atoms with Gasteiger partial charge in [0.1, 0.15) is 5.56 Å². The third-order valence-corrected chi connectivity index (χ3v) is 6.80. The number of benzene rings is 4. The molecule has 0 saturated heterocycles. The Kier molecular flexibility index (Phi) is 10.6. The van der Waals surface area contributed by atoms with E-state index in [4.69, 9.17) is 18.9 Å². The van der Waals surface area contributed by atoms with Gasteiger partial charge in [-0.1, -0.05) is 72.8 Å². The lowest BCUT2D eigenvalue weighted by Gasteiger charge is -2.18. The quantitative estimate of drug-likeness (QED) is 0.124. The highest BCUT2D eigenvalue weighted by molar-refractivity contribution is 6.05. The van der Waals surface area contributed by atoms with Crippen LogP contribution in [0.5, 0.6) is 11.5 Å². The predicted molar refractivity (Wildman–Crippen MR) is 156 cm³/mol. The molecule has 0 atom stereocenters. The van der Waals surface area contributed by atoms with Crippen LogP contribution in [-0.2, 0) is 22.3 Å². The van der Waals surface area contributed by atoms with E-state index in [1.54, 1.807) is 6.07 Å². The minimum absolute atomic E-state index is 0.0191. The van der Waals surface area contributed by atoms with Crippen molar-refractivity contribution in [1.82, 2.24) is 0 Å². The summed E-state index contributed by atoms with van der Waals surface area (Å²) >= 11 is 0. The molecule has 4 aromatic rings. The molecule has 0 N–H and O–H groups in total. The van der Waals surface area contributed by atoms with E-state index in [0.717, 1.165) is 38.5 Å². The van der Waals surface area contributed by atoms with E-state index in [2.05, 4.69) is 42.5 Å². The lowest BCUT2D eigenvalue weighted by molar-refractivity contribution is 0.0550. The number of fused-ring (bicyclic) bond motifs is 1. The van der Waals surface area contributed by atoms with Gasteiger partial charge < -0.3 is 18.9 Å². The van der Waals surface area contributed by atoms with Gasteiger partial charge in [0.15, 0.2) is 11.5 Å². The third kappa shape index (κ3) is 7.63. The van der Waals surface area contributed by atoms with Crippen LogP contribution in [0.1, 0.15) is 57.5 Å². The van der Waals surface area contributed by atoms with Gasteiger partial charge in [-0.25, -0.2) is 9.59 Å². The summed E-state index contributed by atoms with van der Waals surface area (Å²) in [6, 6.07) is 28.3. The van der Waals surface area contributed by atoms with Gasteiger partial charge in [-0.3, -0.25) is 0 Å². The molecule has 0 unspecified atom stereocenters. The van der Waals surface area contributed by atoms with Gasteiger partial charge in [0.25, 0.3) is 0 Å². The summed E-state index contributed by atoms with van der Waals surface area (Å²) < 4.78 is 22.1. The standard InChI is InChI=1S/C34H36O6/c1-37-33(35)29-20-21-30(39-23-11-15-26-18-19-27-16-8-9-17-28(27)24-26)32(31(29)34(36)38-2)40-22-10-4-7-14-25-12-5-3-6-13-25/h3,5-6,8-9,12-13,16-21,24H,4,7,10-11,14-15,22-23H2,1-2H3. The molecule has 40 heavy (non-hydrogen) atoms. The molecule has 0 saturated carbocycles. The molecule has 4 aromatic carbocycles. The molecular weight excluding hydrogens is 504 g/mol. The lowest BCUT2D eigenvalue weighted by atomic mass is 10.0. The monoisotopic (exact) mass is 540 g/mol. The maximum atomic E-state index is 12.8. The Morgan fingerprint density at radius 1 is 0.600 bits per heavy atom. The van der Waals surface area contributed by atoms with Gasteiger partial charge in [-0.15, -0.1) is 0 Å². The average molecular weight is 541 g/mol. The fourth-order valence-corrected chi connectivity index (χ4v) is 4.68. The van der Waals surface area contributed by atoms with Crippen LogP contribution in [0.25, 0.3) is 10.8 Å². The van der Waals surface area contributed by atoms with Gasteiger partial charge in [-0.05, 0) is 72.6 Å². The van der Waals surface area contributed by atoms with Crippen LogP contribution >= 0.6 is 0 Å². The maximum Gasteiger partial charge on any atom is 0.342 e. The van der Waals surface area contributed by atoms with E-state index in [9.17, 15) is 9.59 Å². The summed E-state index contributed by atoms with van der Waals surface area (Å²) in [5.74, 6) is -0.712. The first-order chi connectivity index (χ1) is 19.6. The Hall–Kier alpha value is -4.32. The van der Waals surface area contributed by atoms with Crippen molar-refractivity contribution >= 4 is 22.7 Å². The molecule has 0 bridgehead atoms. The molecule has 0 fully saturated rings. The average Bonchev–Trinajstić information content (AvgIpc) is 3.00. The van der Waals surface area contributed by atoms with Crippen molar-refractivity contribution in [1.29, 1.82) is 0 Å². The first-order valence-corrected chi connectivity index (χ1v) is 13.7. The zero-order chi connectivity index (χ0) is 28.2. The van der Waals surface area contributed by atoms with Crippen LogP contribution in [0.4, 0.5) is 0 Å². The number of unbranched alkanes of at least 4 members (excludes halogenated alkanes) is 2. The van der Waals surface area contributed by atoms with E-state index < -0.39 is 11.9 Å². The first kappa shape index (κ1) is 28.7. The number of rotatable bonds is 14. The van der Waals surface area contributed by atoms with Gasteiger partial charge in [0, 0.05) is 0 Å². The molecule has 0 aliphatic carbocycles. The normalized spacial score (nSPS) is 10.8. The van der Waals surface area contributed by atoms with Crippen molar-refractivity contribution in [3.8, 4) is 11.5 Å². The lowest BCUT2D eigenvalue weighted by Crippen LogP contribution is -2.16. The molecule has 208 valence electrons. The molecular formula is C34H36O6. The van der Waals surface area contributed by atoms with Gasteiger partial charge in [0.2, 0.25) is 0 Å². The van der Waals surface area contributed by atoms with Crippen LogP contribution in [0.15, 0.2) is 84.9 Å². The number of methoxy groups -OCH3 is 2. The van der Waals surface area contributed by atoms with E-state index in [-0.39, 0.29) is 16.9 Å². The molecule has 0 radical (unpaired) electrons. The van der Waals surface area contributed by atoms with Crippen LogP contribution in [0.3, 0.4) is 0 Å². The van der Waals surface area contributed by atoms with Crippen molar-refractivity contribution in [2.24, 2.45) is 0 Å². The summed E-state index contributed by atoms with van der Waals surface area (Å²) in [4.78, 5) is 25.2. The van der Waals surface area contributed by atoms with Gasteiger partial charge >= 0.3 is 11.9 Å². The second-order valence-electron chi connectivity index (χ2n) is 9.58. The van der Waals surface area contributed by atoms with E-state index in [1.165, 1.54) is 42.2 Å².